The minimum Gasteiger partial charge on any atom is -0.327 e. The summed E-state index contributed by atoms with van der Waals surface area (Å²) in [6.07, 6.45) is 6.42. The Morgan fingerprint density at radius 1 is 1.12 bits per heavy atom. The standard InChI is InChI=1S/C15H25NS/c1-3-4-5-6-7-14(16)12-17-15-10-8-13(2)9-11-15/h8-11,14H,3-7,12,16H2,1-2H3. The van der Waals surface area contributed by atoms with E-state index in [-0.39, 0.29) is 0 Å². The van der Waals surface area contributed by atoms with Crippen molar-refractivity contribution in [1.29, 1.82) is 0 Å². The highest BCUT2D eigenvalue weighted by Gasteiger charge is 2.03. The Bertz CT molecular complexity index is 294. The van der Waals surface area contributed by atoms with E-state index >= 15 is 0 Å². The topological polar surface area (TPSA) is 26.0 Å². The van der Waals surface area contributed by atoms with Crippen molar-refractivity contribution in [3.63, 3.8) is 0 Å². The van der Waals surface area contributed by atoms with Crippen LogP contribution in [0.15, 0.2) is 29.2 Å². The molecular weight excluding hydrogens is 226 g/mol. The predicted octanol–water partition coefficient (Wildman–Crippen LogP) is 4.38. The summed E-state index contributed by atoms with van der Waals surface area (Å²) in [7, 11) is 0. The van der Waals surface area contributed by atoms with E-state index in [9.17, 15) is 0 Å². The fraction of sp³-hybridized carbons (Fsp3) is 0.600. The molecule has 96 valence electrons. The maximum Gasteiger partial charge on any atom is 0.0133 e. The maximum absolute atomic E-state index is 6.11. The predicted molar refractivity (Wildman–Crippen MR) is 78.6 cm³/mol. The van der Waals surface area contributed by atoms with Gasteiger partial charge in [-0.1, -0.05) is 50.3 Å². The van der Waals surface area contributed by atoms with Gasteiger partial charge in [0.15, 0.2) is 0 Å². The van der Waals surface area contributed by atoms with Crippen LogP contribution in [-0.4, -0.2) is 11.8 Å². The first kappa shape index (κ1) is 14.6. The molecule has 0 heterocycles. The molecule has 0 bridgehead atoms. The second-order valence-corrected chi connectivity index (χ2v) is 5.83. The van der Waals surface area contributed by atoms with E-state index in [4.69, 9.17) is 5.73 Å². The SMILES string of the molecule is CCCCCCC(N)CSc1ccc(C)cc1. The van der Waals surface area contributed by atoms with Gasteiger partial charge in [0, 0.05) is 16.7 Å². The third kappa shape index (κ3) is 6.75. The molecule has 1 rings (SSSR count). The third-order valence-electron chi connectivity index (χ3n) is 2.91. The summed E-state index contributed by atoms with van der Waals surface area (Å²) in [5.41, 5.74) is 7.43. The average molecular weight is 251 g/mol. The van der Waals surface area contributed by atoms with Crippen LogP contribution >= 0.6 is 11.8 Å². The first-order valence-corrected chi connectivity index (χ1v) is 7.66. The monoisotopic (exact) mass is 251 g/mol. The molecule has 1 unspecified atom stereocenters. The van der Waals surface area contributed by atoms with Crippen LogP contribution in [-0.2, 0) is 0 Å². The summed E-state index contributed by atoms with van der Waals surface area (Å²) in [6, 6.07) is 9.04. The highest BCUT2D eigenvalue weighted by Crippen LogP contribution is 2.20. The molecule has 1 aromatic carbocycles. The molecule has 0 saturated heterocycles. The van der Waals surface area contributed by atoms with Crippen LogP contribution in [0.2, 0.25) is 0 Å². The summed E-state index contributed by atoms with van der Waals surface area (Å²) in [6.45, 7) is 4.36. The number of benzene rings is 1. The Hall–Kier alpha value is -0.470. The van der Waals surface area contributed by atoms with Crippen molar-refractivity contribution in [1.82, 2.24) is 0 Å². The molecule has 2 N–H and O–H groups in total. The normalized spacial score (nSPS) is 12.6. The molecule has 0 fully saturated rings. The van der Waals surface area contributed by atoms with E-state index in [2.05, 4.69) is 38.1 Å². The van der Waals surface area contributed by atoms with Gasteiger partial charge in [0.2, 0.25) is 0 Å². The number of rotatable bonds is 8. The fourth-order valence-electron chi connectivity index (χ4n) is 1.75. The molecule has 0 saturated carbocycles. The van der Waals surface area contributed by atoms with Crippen LogP contribution in [0.25, 0.3) is 0 Å². The van der Waals surface area contributed by atoms with Gasteiger partial charge < -0.3 is 5.73 Å². The molecular formula is C15H25NS. The van der Waals surface area contributed by atoms with Gasteiger partial charge in [0.1, 0.15) is 0 Å². The highest BCUT2D eigenvalue weighted by atomic mass is 32.2. The summed E-state index contributed by atoms with van der Waals surface area (Å²) >= 11 is 1.88. The fourth-order valence-corrected chi connectivity index (χ4v) is 2.66. The zero-order valence-corrected chi connectivity index (χ0v) is 11.9. The largest absolute Gasteiger partial charge is 0.327 e. The molecule has 0 aliphatic rings. The van der Waals surface area contributed by atoms with Gasteiger partial charge in [-0.15, -0.1) is 11.8 Å². The Morgan fingerprint density at radius 3 is 2.47 bits per heavy atom. The van der Waals surface area contributed by atoms with E-state index in [0.717, 1.165) is 5.75 Å². The van der Waals surface area contributed by atoms with Gasteiger partial charge >= 0.3 is 0 Å². The van der Waals surface area contributed by atoms with Crippen LogP contribution in [0.4, 0.5) is 0 Å². The highest BCUT2D eigenvalue weighted by molar-refractivity contribution is 7.99. The Kier molecular flexibility index (Phi) is 7.38. The van der Waals surface area contributed by atoms with Crippen molar-refractivity contribution in [2.45, 2.75) is 56.9 Å². The van der Waals surface area contributed by atoms with Gasteiger partial charge in [-0.25, -0.2) is 0 Å². The summed E-state index contributed by atoms with van der Waals surface area (Å²) < 4.78 is 0. The molecule has 0 aliphatic carbocycles. The maximum atomic E-state index is 6.11. The van der Waals surface area contributed by atoms with Gasteiger partial charge in [-0.2, -0.15) is 0 Å². The lowest BCUT2D eigenvalue weighted by Gasteiger charge is -2.11. The number of unbranched alkanes of at least 4 members (excludes halogenated alkanes) is 3. The minimum atomic E-state index is 0.346. The van der Waals surface area contributed by atoms with Crippen molar-refractivity contribution >= 4 is 11.8 Å². The Labute approximate surface area is 110 Å². The van der Waals surface area contributed by atoms with E-state index in [0.29, 0.717) is 6.04 Å². The first-order chi connectivity index (χ1) is 8.22. The minimum absolute atomic E-state index is 0.346. The van der Waals surface area contributed by atoms with Crippen molar-refractivity contribution in [2.24, 2.45) is 5.73 Å². The van der Waals surface area contributed by atoms with Crippen LogP contribution in [0.3, 0.4) is 0 Å². The molecule has 0 aliphatic heterocycles. The van der Waals surface area contributed by atoms with E-state index < -0.39 is 0 Å². The van der Waals surface area contributed by atoms with E-state index in [1.807, 2.05) is 11.8 Å². The van der Waals surface area contributed by atoms with Crippen LogP contribution in [0, 0.1) is 6.92 Å². The molecule has 0 spiro atoms. The quantitative estimate of drug-likeness (QED) is 0.548. The lowest BCUT2D eigenvalue weighted by atomic mass is 10.1. The molecule has 2 heteroatoms. The first-order valence-electron chi connectivity index (χ1n) is 6.67. The lowest BCUT2D eigenvalue weighted by molar-refractivity contribution is 0.579. The second-order valence-electron chi connectivity index (χ2n) is 4.73. The molecule has 0 radical (unpaired) electrons. The summed E-state index contributed by atoms with van der Waals surface area (Å²) in [5.74, 6) is 1.04. The van der Waals surface area contributed by atoms with E-state index in [1.165, 1.54) is 42.6 Å². The van der Waals surface area contributed by atoms with Gasteiger partial charge in [-0.3, -0.25) is 0 Å². The van der Waals surface area contributed by atoms with Crippen molar-refractivity contribution in [2.75, 3.05) is 5.75 Å². The van der Waals surface area contributed by atoms with Gasteiger partial charge in [0.25, 0.3) is 0 Å². The third-order valence-corrected chi connectivity index (χ3v) is 4.11. The van der Waals surface area contributed by atoms with Crippen LogP contribution in [0.5, 0.6) is 0 Å². The zero-order chi connectivity index (χ0) is 12.5. The van der Waals surface area contributed by atoms with Gasteiger partial charge in [0.05, 0.1) is 0 Å². The lowest BCUT2D eigenvalue weighted by Crippen LogP contribution is -2.22. The summed E-state index contributed by atoms with van der Waals surface area (Å²) in [5, 5.41) is 0. The summed E-state index contributed by atoms with van der Waals surface area (Å²) in [4.78, 5) is 1.33. The molecule has 1 atom stereocenters. The number of thioether (sulfide) groups is 1. The average Bonchev–Trinajstić information content (AvgIpc) is 2.34. The second kappa shape index (κ2) is 8.60. The number of hydrogen-bond donors (Lipinski definition) is 1. The molecule has 0 amide bonds. The van der Waals surface area contributed by atoms with Crippen LogP contribution < -0.4 is 5.73 Å². The smallest absolute Gasteiger partial charge is 0.0133 e. The number of aryl methyl sites for hydroxylation is 1. The van der Waals surface area contributed by atoms with E-state index in [1.54, 1.807) is 0 Å². The van der Waals surface area contributed by atoms with Crippen molar-refractivity contribution < 1.29 is 0 Å². The molecule has 17 heavy (non-hydrogen) atoms. The number of hydrogen-bond acceptors (Lipinski definition) is 2. The molecule has 0 aromatic heterocycles. The van der Waals surface area contributed by atoms with Crippen molar-refractivity contribution in [3.05, 3.63) is 29.8 Å². The number of nitrogens with two attached hydrogens (primary N) is 1. The van der Waals surface area contributed by atoms with Gasteiger partial charge in [-0.05, 0) is 25.5 Å². The molecule has 1 aromatic rings. The molecule has 1 nitrogen and oxygen atoms in total. The van der Waals surface area contributed by atoms with Crippen LogP contribution in [0.1, 0.15) is 44.6 Å². The van der Waals surface area contributed by atoms with Crippen molar-refractivity contribution in [3.8, 4) is 0 Å². The Balaban J connectivity index is 2.14. The Morgan fingerprint density at radius 2 is 1.82 bits per heavy atom. The zero-order valence-electron chi connectivity index (χ0n) is 11.1.